The van der Waals surface area contributed by atoms with Crippen LogP contribution in [0, 0.1) is 0 Å². The molecule has 0 saturated heterocycles. The molecule has 0 fully saturated rings. The van der Waals surface area contributed by atoms with Crippen molar-refractivity contribution >= 4 is 71.4 Å². The fourth-order valence-corrected chi connectivity index (χ4v) is 5.08. The Morgan fingerprint density at radius 2 is 1.72 bits per heavy atom. The summed E-state index contributed by atoms with van der Waals surface area (Å²) < 4.78 is 5.73. The van der Waals surface area contributed by atoms with Gasteiger partial charge in [0.15, 0.2) is 0 Å². The van der Waals surface area contributed by atoms with E-state index in [0.717, 1.165) is 31.2 Å². The first-order valence-electron chi connectivity index (χ1n) is 8.83. The molecule has 0 spiro atoms. The van der Waals surface area contributed by atoms with Gasteiger partial charge in [-0.25, -0.2) is 9.78 Å². The third kappa shape index (κ3) is 3.24. The molecule has 29 heavy (non-hydrogen) atoms. The van der Waals surface area contributed by atoms with Crippen LogP contribution in [-0.2, 0) is 4.74 Å². The van der Waals surface area contributed by atoms with Crippen LogP contribution in [0.1, 0.15) is 19.3 Å². The van der Waals surface area contributed by atoms with Crippen LogP contribution in [0.3, 0.4) is 0 Å². The summed E-state index contributed by atoms with van der Waals surface area (Å²) >= 11 is 2.74. The summed E-state index contributed by atoms with van der Waals surface area (Å²) in [6.45, 7) is 0. The van der Waals surface area contributed by atoms with Gasteiger partial charge in [-0.1, -0.05) is 18.2 Å². The molecule has 7 heteroatoms. The molecule has 5 rings (SSSR count). The van der Waals surface area contributed by atoms with Crippen molar-refractivity contribution in [3.05, 3.63) is 70.4 Å². The molecule has 0 saturated carbocycles. The maximum Gasteiger partial charge on any atom is 0.348 e. The van der Waals surface area contributed by atoms with Crippen molar-refractivity contribution in [2.24, 2.45) is 0 Å². The summed E-state index contributed by atoms with van der Waals surface area (Å²) in [7, 11) is 1.36. The van der Waals surface area contributed by atoms with Crippen molar-refractivity contribution in [2.45, 2.75) is 0 Å². The smallest absolute Gasteiger partial charge is 0.348 e. The first-order chi connectivity index (χ1) is 14.1. The highest BCUT2D eigenvalue weighted by Crippen LogP contribution is 2.30. The van der Waals surface area contributed by atoms with Gasteiger partial charge in [-0.15, -0.1) is 22.7 Å². The van der Waals surface area contributed by atoms with E-state index >= 15 is 0 Å². The topological polar surface area (TPSA) is 68.3 Å². The lowest BCUT2D eigenvalue weighted by atomic mass is 10.2. The molecule has 3 heterocycles. The predicted octanol–water partition coefficient (Wildman–Crippen LogP) is 5.70. The fraction of sp³-hybridized carbons (Fsp3) is 0.0455. The minimum atomic E-state index is -0.359. The molecule has 1 amide bonds. The van der Waals surface area contributed by atoms with Crippen molar-refractivity contribution in [1.82, 2.24) is 4.98 Å². The van der Waals surface area contributed by atoms with Crippen molar-refractivity contribution in [1.29, 1.82) is 0 Å². The number of thiophene rings is 2. The zero-order valence-electron chi connectivity index (χ0n) is 15.3. The second-order valence-corrected chi connectivity index (χ2v) is 8.61. The zero-order valence-corrected chi connectivity index (χ0v) is 16.9. The number of nitrogens with zero attached hydrogens (tertiary/aromatic N) is 1. The SMILES string of the molecule is COC(=O)c1cc2cc(NC(=O)c3cc4cc5ccccc5nc4s3)ccc2s1. The van der Waals surface area contributed by atoms with Gasteiger partial charge in [-0.2, -0.15) is 0 Å². The molecule has 5 aromatic rings. The molecular formula is C22H14N2O3S2. The second-order valence-electron chi connectivity index (χ2n) is 6.50. The number of fused-ring (bicyclic) bond motifs is 3. The van der Waals surface area contributed by atoms with Gasteiger partial charge in [0.25, 0.3) is 5.91 Å². The summed E-state index contributed by atoms with van der Waals surface area (Å²) in [5, 5.41) is 5.83. The van der Waals surface area contributed by atoms with Gasteiger partial charge in [0.2, 0.25) is 0 Å². The number of aromatic nitrogens is 1. The molecule has 142 valence electrons. The molecule has 2 aromatic carbocycles. The Labute approximate surface area is 173 Å². The number of hydrogen-bond acceptors (Lipinski definition) is 6. The maximum absolute atomic E-state index is 12.8. The number of benzene rings is 2. The lowest BCUT2D eigenvalue weighted by Crippen LogP contribution is -2.09. The van der Waals surface area contributed by atoms with Gasteiger partial charge in [0.1, 0.15) is 9.71 Å². The van der Waals surface area contributed by atoms with Gasteiger partial charge in [-0.3, -0.25) is 4.79 Å². The van der Waals surface area contributed by atoms with Crippen molar-refractivity contribution < 1.29 is 14.3 Å². The second kappa shape index (κ2) is 6.95. The molecule has 0 aliphatic heterocycles. The molecule has 0 radical (unpaired) electrons. The summed E-state index contributed by atoms with van der Waals surface area (Å²) in [5.74, 6) is -0.540. The van der Waals surface area contributed by atoms with Gasteiger partial charge in [-0.05, 0) is 47.9 Å². The van der Waals surface area contributed by atoms with Crippen LogP contribution in [0.4, 0.5) is 5.69 Å². The van der Waals surface area contributed by atoms with Crippen LogP contribution >= 0.6 is 22.7 Å². The van der Waals surface area contributed by atoms with E-state index in [1.165, 1.54) is 29.8 Å². The molecule has 0 aliphatic rings. The number of ether oxygens (including phenoxy) is 1. The molecule has 0 unspecified atom stereocenters. The van der Waals surface area contributed by atoms with Crippen molar-refractivity contribution in [3.8, 4) is 0 Å². The van der Waals surface area contributed by atoms with E-state index in [4.69, 9.17) is 4.74 Å². The van der Waals surface area contributed by atoms with Gasteiger partial charge >= 0.3 is 5.97 Å². The fourth-order valence-electron chi connectivity index (χ4n) is 3.20. The number of hydrogen-bond donors (Lipinski definition) is 1. The van der Waals surface area contributed by atoms with Crippen LogP contribution in [0.2, 0.25) is 0 Å². The number of para-hydroxylation sites is 1. The number of esters is 1. The largest absolute Gasteiger partial charge is 0.465 e. The first-order valence-corrected chi connectivity index (χ1v) is 10.5. The van der Waals surface area contributed by atoms with Crippen LogP contribution in [0.5, 0.6) is 0 Å². The normalized spacial score (nSPS) is 11.2. The molecule has 1 N–H and O–H groups in total. The maximum atomic E-state index is 12.8. The predicted molar refractivity (Wildman–Crippen MR) is 118 cm³/mol. The minimum absolute atomic E-state index is 0.181. The third-order valence-electron chi connectivity index (χ3n) is 4.59. The number of carbonyl (C=O) groups excluding carboxylic acids is 2. The number of nitrogens with one attached hydrogen (secondary N) is 1. The quantitative estimate of drug-likeness (QED) is 0.382. The summed E-state index contributed by atoms with van der Waals surface area (Å²) in [6.07, 6.45) is 0. The van der Waals surface area contributed by atoms with Crippen LogP contribution in [0.15, 0.2) is 60.7 Å². The van der Waals surface area contributed by atoms with E-state index < -0.39 is 0 Å². The monoisotopic (exact) mass is 418 g/mol. The Bertz CT molecular complexity index is 1370. The number of amides is 1. The lowest BCUT2D eigenvalue weighted by molar-refractivity contribution is 0.0606. The van der Waals surface area contributed by atoms with Gasteiger partial charge in [0.05, 0.1) is 17.5 Å². The summed E-state index contributed by atoms with van der Waals surface area (Å²) in [6, 6.07) is 19.2. The Hall–Kier alpha value is -3.29. The highest BCUT2D eigenvalue weighted by atomic mass is 32.1. The van der Waals surface area contributed by atoms with Gasteiger partial charge < -0.3 is 10.1 Å². The van der Waals surface area contributed by atoms with Crippen molar-refractivity contribution in [3.63, 3.8) is 0 Å². The molecule has 0 bridgehead atoms. The number of rotatable bonds is 3. The standard InChI is InChI=1S/C22H14N2O3S2/c1-27-22(26)19-10-13-9-15(6-7-17(13)28-19)23-20(25)18-11-14-8-12-4-2-3-5-16(12)24-21(14)29-18/h2-11H,1H3,(H,23,25). The highest BCUT2D eigenvalue weighted by Gasteiger charge is 2.14. The Balaban J connectivity index is 1.44. The average molecular weight is 418 g/mol. The highest BCUT2D eigenvalue weighted by molar-refractivity contribution is 7.21. The van der Waals surface area contributed by atoms with Crippen LogP contribution in [0.25, 0.3) is 31.2 Å². The molecule has 3 aromatic heterocycles. The van der Waals surface area contributed by atoms with Crippen LogP contribution in [-0.4, -0.2) is 24.0 Å². The van der Waals surface area contributed by atoms with E-state index in [1.54, 1.807) is 6.07 Å². The zero-order chi connectivity index (χ0) is 20.0. The first kappa shape index (κ1) is 17.8. The lowest BCUT2D eigenvalue weighted by Gasteiger charge is -2.03. The van der Waals surface area contributed by atoms with E-state index in [0.29, 0.717) is 15.4 Å². The summed E-state index contributed by atoms with van der Waals surface area (Å²) in [5.41, 5.74) is 1.59. The number of anilines is 1. The van der Waals surface area contributed by atoms with E-state index in [-0.39, 0.29) is 11.9 Å². The number of pyridine rings is 1. The number of carbonyl (C=O) groups is 2. The van der Waals surface area contributed by atoms with E-state index in [2.05, 4.69) is 16.4 Å². The van der Waals surface area contributed by atoms with Crippen LogP contribution < -0.4 is 5.32 Å². The Kier molecular flexibility index (Phi) is 4.26. The van der Waals surface area contributed by atoms with E-state index in [9.17, 15) is 9.59 Å². The summed E-state index contributed by atoms with van der Waals surface area (Å²) in [4.78, 5) is 31.1. The molecular weight excluding hydrogens is 404 g/mol. The van der Waals surface area contributed by atoms with Crippen molar-refractivity contribution in [2.75, 3.05) is 12.4 Å². The third-order valence-corrected chi connectivity index (χ3v) is 6.73. The molecule has 0 aliphatic carbocycles. The van der Waals surface area contributed by atoms with Gasteiger partial charge in [0, 0.05) is 21.2 Å². The Morgan fingerprint density at radius 3 is 2.59 bits per heavy atom. The minimum Gasteiger partial charge on any atom is -0.465 e. The van der Waals surface area contributed by atoms with E-state index in [1.807, 2.05) is 48.5 Å². The molecule has 0 atom stereocenters. The number of methoxy groups -OCH3 is 1. The Morgan fingerprint density at radius 1 is 0.897 bits per heavy atom. The molecule has 5 nitrogen and oxygen atoms in total. The average Bonchev–Trinajstić information content (AvgIpc) is 3.34.